The van der Waals surface area contributed by atoms with Gasteiger partial charge < -0.3 is 9.16 Å². The maximum atomic E-state index is 16.2. The van der Waals surface area contributed by atoms with E-state index in [-0.39, 0.29) is 44.8 Å². The third-order valence-electron chi connectivity index (χ3n) is 9.04. The lowest BCUT2D eigenvalue weighted by Crippen LogP contribution is -2.50. The summed E-state index contributed by atoms with van der Waals surface area (Å²) in [6.45, 7) is 22.5. The fourth-order valence-corrected chi connectivity index (χ4v) is 7.44. The van der Waals surface area contributed by atoms with Crippen LogP contribution in [0.2, 0.25) is 28.2 Å². The van der Waals surface area contributed by atoms with Crippen LogP contribution < -0.4 is 0 Å². The number of esters is 1. The molecular weight excluding hydrogens is 633 g/mol. The van der Waals surface area contributed by atoms with Crippen molar-refractivity contribution in [2.75, 3.05) is 13.2 Å². The Morgan fingerprint density at radius 3 is 2.18 bits per heavy atom. The van der Waals surface area contributed by atoms with Crippen molar-refractivity contribution in [2.45, 2.75) is 116 Å². The first-order chi connectivity index (χ1) is 20.5. The lowest BCUT2D eigenvalue weighted by molar-refractivity contribution is -0.161. The minimum absolute atomic E-state index is 0.0365. The molecule has 1 aliphatic heterocycles. The van der Waals surface area contributed by atoms with Crippen LogP contribution in [0.5, 0.6) is 0 Å². The second-order valence-corrected chi connectivity index (χ2v) is 21.5. The van der Waals surface area contributed by atoms with Gasteiger partial charge in [0.2, 0.25) is 0 Å². The normalized spacial score (nSPS) is 23.2. The van der Waals surface area contributed by atoms with Crippen molar-refractivity contribution < 1.29 is 22.7 Å². The SMILES string of the molecule is CC(C)(C)C[C@@H]1N(CCO[Si](C)(C)C(C)(C)C)[C@@H](C(=O)OC(C)(C)C)[C@H](c2cccc(Cl)c2F)[C@@]1(C#N)c1ccc(Cl)cc1F. The number of carbonyl (C=O) groups excluding carboxylic acids is 1. The fraction of sp³-hybridized carbons (Fsp3) is 0.600. The number of carbonyl (C=O) groups is 1. The largest absolute Gasteiger partial charge is 0.459 e. The zero-order valence-corrected chi connectivity index (χ0v) is 31.0. The van der Waals surface area contributed by atoms with Crippen LogP contribution in [0.3, 0.4) is 0 Å². The maximum Gasteiger partial charge on any atom is 0.324 e. The second-order valence-electron chi connectivity index (χ2n) is 15.8. The minimum Gasteiger partial charge on any atom is -0.459 e. The van der Waals surface area contributed by atoms with Crippen molar-refractivity contribution in [3.8, 4) is 6.07 Å². The van der Waals surface area contributed by atoms with Gasteiger partial charge in [0.25, 0.3) is 0 Å². The molecule has 1 aliphatic rings. The van der Waals surface area contributed by atoms with E-state index in [9.17, 15) is 10.1 Å². The van der Waals surface area contributed by atoms with Gasteiger partial charge in [-0.15, -0.1) is 0 Å². The molecule has 0 radical (unpaired) electrons. The molecule has 45 heavy (non-hydrogen) atoms. The third kappa shape index (κ3) is 7.93. The van der Waals surface area contributed by atoms with Gasteiger partial charge in [0.15, 0.2) is 8.32 Å². The zero-order chi connectivity index (χ0) is 34.3. The van der Waals surface area contributed by atoms with Crippen LogP contribution in [-0.4, -0.2) is 50.0 Å². The summed E-state index contributed by atoms with van der Waals surface area (Å²) in [7, 11) is -2.21. The molecule has 0 spiro atoms. The van der Waals surface area contributed by atoms with Gasteiger partial charge in [-0.25, -0.2) is 8.78 Å². The zero-order valence-electron chi connectivity index (χ0n) is 28.4. The summed E-state index contributed by atoms with van der Waals surface area (Å²) in [6, 6.07) is 9.20. The number of rotatable bonds is 8. The van der Waals surface area contributed by atoms with E-state index in [1.165, 1.54) is 24.3 Å². The van der Waals surface area contributed by atoms with Gasteiger partial charge >= 0.3 is 5.97 Å². The number of nitrogens with zero attached hydrogens (tertiary/aromatic N) is 2. The molecule has 0 N–H and O–H groups in total. The first-order valence-corrected chi connectivity index (χ1v) is 19.1. The number of nitriles is 1. The van der Waals surface area contributed by atoms with Crippen molar-refractivity contribution in [3.05, 3.63) is 69.2 Å². The van der Waals surface area contributed by atoms with Gasteiger partial charge in [-0.05, 0) is 74.5 Å². The first kappa shape index (κ1) is 37.4. The fourth-order valence-electron chi connectivity index (χ4n) is 6.07. The number of hydrogen-bond donors (Lipinski definition) is 0. The van der Waals surface area contributed by atoms with E-state index in [1.54, 1.807) is 26.8 Å². The number of hydrogen-bond acceptors (Lipinski definition) is 5. The summed E-state index contributed by atoms with van der Waals surface area (Å²) < 4.78 is 44.9. The van der Waals surface area contributed by atoms with E-state index < -0.39 is 54.9 Å². The molecular formula is C35H48Cl2F2N2O3Si. The average molecular weight is 682 g/mol. The van der Waals surface area contributed by atoms with Gasteiger partial charge in [0.1, 0.15) is 28.7 Å². The van der Waals surface area contributed by atoms with Crippen LogP contribution >= 0.6 is 23.2 Å². The van der Waals surface area contributed by atoms with Crippen LogP contribution in [-0.2, 0) is 19.4 Å². The molecule has 248 valence electrons. The van der Waals surface area contributed by atoms with Crippen molar-refractivity contribution in [2.24, 2.45) is 5.41 Å². The van der Waals surface area contributed by atoms with E-state index in [4.69, 9.17) is 32.4 Å². The molecule has 0 aliphatic carbocycles. The average Bonchev–Trinajstić information content (AvgIpc) is 3.12. The van der Waals surface area contributed by atoms with Crippen LogP contribution in [0, 0.1) is 28.4 Å². The van der Waals surface area contributed by atoms with E-state index >= 15 is 8.78 Å². The van der Waals surface area contributed by atoms with Crippen LogP contribution in [0.15, 0.2) is 36.4 Å². The molecule has 0 aromatic heterocycles. The minimum atomic E-state index is -2.21. The van der Waals surface area contributed by atoms with Crippen LogP contribution in [0.25, 0.3) is 0 Å². The number of benzene rings is 2. The third-order valence-corrected chi connectivity index (χ3v) is 14.1. The summed E-state index contributed by atoms with van der Waals surface area (Å²) in [6.07, 6.45) is 0.376. The summed E-state index contributed by atoms with van der Waals surface area (Å²) in [5.74, 6) is -3.30. The van der Waals surface area contributed by atoms with E-state index in [0.717, 1.165) is 6.07 Å². The quantitative estimate of drug-likeness (QED) is 0.205. The van der Waals surface area contributed by atoms with E-state index in [2.05, 4.69) is 39.9 Å². The summed E-state index contributed by atoms with van der Waals surface area (Å²) in [4.78, 5) is 16.3. The van der Waals surface area contributed by atoms with E-state index in [1.807, 2.05) is 25.7 Å². The van der Waals surface area contributed by atoms with Crippen molar-refractivity contribution in [3.63, 3.8) is 0 Å². The number of likely N-dealkylation sites (tertiary alicyclic amines) is 1. The predicted molar refractivity (Wildman–Crippen MR) is 180 cm³/mol. The topological polar surface area (TPSA) is 62.6 Å². The molecule has 0 amide bonds. The highest BCUT2D eigenvalue weighted by Crippen LogP contribution is 2.57. The molecule has 1 fully saturated rings. The van der Waals surface area contributed by atoms with Gasteiger partial charge in [0.05, 0.1) is 11.1 Å². The Bertz CT molecular complexity index is 1440. The maximum absolute atomic E-state index is 16.2. The first-order valence-electron chi connectivity index (χ1n) is 15.4. The van der Waals surface area contributed by atoms with Crippen molar-refractivity contribution in [1.82, 2.24) is 4.90 Å². The summed E-state index contributed by atoms with van der Waals surface area (Å²) in [5.41, 5.74) is -2.93. The lowest BCUT2D eigenvalue weighted by atomic mass is 9.62. The van der Waals surface area contributed by atoms with Gasteiger partial charge in [-0.1, -0.05) is 82.9 Å². The van der Waals surface area contributed by atoms with Gasteiger partial charge in [0, 0.05) is 35.7 Å². The standard InChI is InChI=1S/C35H48Cl2F2N2O3Si/c1-32(2,3)20-27-35(21-40,24-16-15-22(36)19-26(24)38)28(23-13-12-14-25(37)29(23)39)30(31(42)44-33(4,5)6)41(27)17-18-43-45(10,11)34(7,8)9/h12-16,19,27-28,30H,17-18,20H2,1-11H3/t27-,28-,30+,35-/m0/s1. The molecule has 2 aromatic rings. The molecule has 10 heteroatoms. The smallest absolute Gasteiger partial charge is 0.324 e. The predicted octanol–water partition coefficient (Wildman–Crippen LogP) is 9.67. The van der Waals surface area contributed by atoms with Crippen molar-refractivity contribution >= 4 is 37.5 Å². The Labute approximate surface area is 279 Å². The lowest BCUT2D eigenvalue weighted by Gasteiger charge is -2.40. The van der Waals surface area contributed by atoms with Crippen molar-refractivity contribution in [1.29, 1.82) is 5.26 Å². The Hall–Kier alpha value is -2.02. The van der Waals surface area contributed by atoms with Crippen LogP contribution in [0.4, 0.5) is 8.78 Å². The number of halogens is 4. The highest BCUT2D eigenvalue weighted by Gasteiger charge is 2.65. The number of ether oxygens (including phenoxy) is 1. The highest BCUT2D eigenvalue weighted by atomic mass is 35.5. The molecule has 3 rings (SSSR count). The molecule has 5 nitrogen and oxygen atoms in total. The van der Waals surface area contributed by atoms with Gasteiger partial charge in [-0.3, -0.25) is 9.69 Å². The molecule has 1 saturated heterocycles. The monoisotopic (exact) mass is 680 g/mol. The van der Waals surface area contributed by atoms with Gasteiger partial charge in [-0.2, -0.15) is 5.26 Å². The Morgan fingerprint density at radius 2 is 1.67 bits per heavy atom. The summed E-state index contributed by atoms with van der Waals surface area (Å²) >= 11 is 12.5. The Morgan fingerprint density at radius 1 is 1.04 bits per heavy atom. The van der Waals surface area contributed by atoms with E-state index in [0.29, 0.717) is 6.42 Å². The molecule has 0 saturated carbocycles. The highest BCUT2D eigenvalue weighted by molar-refractivity contribution is 6.74. The molecule has 4 atom stereocenters. The second kappa shape index (κ2) is 13.2. The molecule has 0 unspecified atom stereocenters. The molecule has 0 bridgehead atoms. The van der Waals surface area contributed by atoms with Crippen LogP contribution in [0.1, 0.15) is 85.8 Å². The Kier molecular flexibility index (Phi) is 11.0. The molecule has 2 aromatic carbocycles. The Balaban J connectivity index is 2.43. The summed E-state index contributed by atoms with van der Waals surface area (Å²) in [5, 5.41) is 11.3. The molecule has 1 heterocycles.